The Bertz CT molecular complexity index is 1540. The van der Waals surface area contributed by atoms with Gasteiger partial charge in [0.25, 0.3) is 0 Å². The summed E-state index contributed by atoms with van der Waals surface area (Å²) in [6.07, 6.45) is 0. The van der Waals surface area contributed by atoms with E-state index in [9.17, 15) is 14.7 Å². The van der Waals surface area contributed by atoms with Crippen molar-refractivity contribution in [1.82, 2.24) is 9.88 Å². The Balaban J connectivity index is 1.63. The van der Waals surface area contributed by atoms with Gasteiger partial charge >= 0.3 is 5.97 Å². The number of fused-ring (bicyclic) bond motifs is 1. The Hall–Kier alpha value is -4.51. The molecule has 10 heteroatoms. The van der Waals surface area contributed by atoms with Gasteiger partial charge in [-0.05, 0) is 43.3 Å². The van der Waals surface area contributed by atoms with Gasteiger partial charge in [-0.15, -0.1) is 0 Å². The number of H-pyrrole nitrogens is 1. The van der Waals surface area contributed by atoms with Crippen LogP contribution in [0.4, 0.5) is 11.4 Å². The molecule has 1 amide bonds. The lowest BCUT2D eigenvalue weighted by atomic mass is 10.00. The SMILES string of the molecule is CCOC(=O)c1ccc2c(C(=Nc3ccc(N(C)C(=O)CN(CCOC)CCOC)cc3)c3ccccc3)c(O)[nH]c2c1. The minimum atomic E-state index is -0.432. The van der Waals surface area contributed by atoms with Gasteiger partial charge in [-0.1, -0.05) is 36.4 Å². The molecule has 0 radical (unpaired) electrons. The highest BCUT2D eigenvalue weighted by molar-refractivity contribution is 6.22. The van der Waals surface area contributed by atoms with E-state index in [0.29, 0.717) is 59.7 Å². The topological polar surface area (TPSA) is 117 Å². The summed E-state index contributed by atoms with van der Waals surface area (Å²) in [6, 6.07) is 22.0. The Morgan fingerprint density at radius 1 is 0.907 bits per heavy atom. The van der Waals surface area contributed by atoms with Gasteiger partial charge in [0.2, 0.25) is 5.91 Å². The van der Waals surface area contributed by atoms with Crippen LogP contribution in [0.2, 0.25) is 0 Å². The molecule has 0 bridgehead atoms. The maximum absolute atomic E-state index is 13.1. The first-order chi connectivity index (χ1) is 20.9. The van der Waals surface area contributed by atoms with Crippen LogP contribution in [0.1, 0.15) is 28.4 Å². The highest BCUT2D eigenvalue weighted by atomic mass is 16.5. The Morgan fingerprint density at radius 2 is 1.58 bits per heavy atom. The molecule has 2 N–H and O–H groups in total. The van der Waals surface area contributed by atoms with Crippen molar-refractivity contribution < 1.29 is 28.9 Å². The number of methoxy groups -OCH3 is 2. The minimum absolute atomic E-state index is 0.0562. The lowest BCUT2D eigenvalue weighted by Crippen LogP contribution is -2.41. The molecule has 4 rings (SSSR count). The number of esters is 1. The van der Waals surface area contributed by atoms with E-state index in [1.165, 1.54) is 0 Å². The van der Waals surface area contributed by atoms with Crippen molar-refractivity contribution in [1.29, 1.82) is 0 Å². The number of aromatic amines is 1. The number of amides is 1. The Morgan fingerprint density at radius 3 is 2.21 bits per heavy atom. The maximum Gasteiger partial charge on any atom is 0.338 e. The lowest BCUT2D eigenvalue weighted by molar-refractivity contribution is -0.119. The van der Waals surface area contributed by atoms with Crippen LogP contribution in [0.5, 0.6) is 5.88 Å². The van der Waals surface area contributed by atoms with Gasteiger partial charge in [0, 0.05) is 56.5 Å². The summed E-state index contributed by atoms with van der Waals surface area (Å²) in [6.45, 7) is 4.56. The second-order valence-electron chi connectivity index (χ2n) is 9.89. The molecule has 226 valence electrons. The summed E-state index contributed by atoms with van der Waals surface area (Å²) in [4.78, 5) is 36.9. The van der Waals surface area contributed by atoms with E-state index >= 15 is 0 Å². The molecule has 0 spiro atoms. The zero-order chi connectivity index (χ0) is 30.8. The van der Waals surface area contributed by atoms with Crippen LogP contribution in [-0.2, 0) is 19.0 Å². The van der Waals surface area contributed by atoms with Gasteiger partial charge in [0.1, 0.15) is 0 Å². The minimum Gasteiger partial charge on any atom is -0.494 e. The number of carbonyl (C=O) groups excluding carboxylic acids is 2. The molecule has 0 unspecified atom stereocenters. The number of hydrogen-bond donors (Lipinski definition) is 2. The van der Waals surface area contributed by atoms with E-state index in [1.54, 1.807) is 51.3 Å². The van der Waals surface area contributed by atoms with Crippen molar-refractivity contribution in [3.63, 3.8) is 0 Å². The highest BCUT2D eigenvalue weighted by Gasteiger charge is 2.21. The maximum atomic E-state index is 13.1. The molecule has 43 heavy (non-hydrogen) atoms. The molecule has 0 atom stereocenters. The normalized spacial score (nSPS) is 11.7. The number of aromatic hydroxyl groups is 1. The van der Waals surface area contributed by atoms with Gasteiger partial charge < -0.3 is 29.2 Å². The van der Waals surface area contributed by atoms with Crippen LogP contribution in [0, 0.1) is 0 Å². The second kappa shape index (κ2) is 15.1. The smallest absolute Gasteiger partial charge is 0.338 e. The number of ether oxygens (including phenoxy) is 3. The number of likely N-dealkylation sites (N-methyl/N-ethyl adjacent to an activating group) is 1. The summed E-state index contributed by atoms with van der Waals surface area (Å²) in [7, 11) is 5.02. The Kier molecular flexibility index (Phi) is 11.0. The summed E-state index contributed by atoms with van der Waals surface area (Å²) >= 11 is 0. The van der Waals surface area contributed by atoms with Crippen molar-refractivity contribution in [3.8, 4) is 5.88 Å². The second-order valence-corrected chi connectivity index (χ2v) is 9.89. The average molecular weight is 587 g/mol. The molecule has 0 aliphatic rings. The van der Waals surface area contributed by atoms with E-state index in [4.69, 9.17) is 19.2 Å². The lowest BCUT2D eigenvalue weighted by Gasteiger charge is -2.24. The first-order valence-electron chi connectivity index (χ1n) is 14.1. The first-order valence-corrected chi connectivity index (χ1v) is 14.1. The molecule has 3 aromatic carbocycles. The summed E-state index contributed by atoms with van der Waals surface area (Å²) < 4.78 is 15.5. The van der Waals surface area contributed by atoms with E-state index in [-0.39, 0.29) is 24.9 Å². The fourth-order valence-electron chi connectivity index (χ4n) is 4.66. The van der Waals surface area contributed by atoms with Crippen LogP contribution >= 0.6 is 0 Å². The van der Waals surface area contributed by atoms with Crippen molar-refractivity contribution in [2.45, 2.75) is 6.92 Å². The van der Waals surface area contributed by atoms with Crippen LogP contribution in [0.25, 0.3) is 10.9 Å². The summed E-state index contributed by atoms with van der Waals surface area (Å²) in [5.74, 6) is -0.551. The fourth-order valence-corrected chi connectivity index (χ4v) is 4.66. The van der Waals surface area contributed by atoms with Crippen molar-refractivity contribution >= 4 is 39.9 Å². The molecule has 0 aliphatic carbocycles. The van der Waals surface area contributed by atoms with Crippen LogP contribution in [0.15, 0.2) is 77.8 Å². The fraction of sp³-hybridized carbons (Fsp3) is 0.303. The van der Waals surface area contributed by atoms with Gasteiger partial charge in [-0.3, -0.25) is 9.69 Å². The van der Waals surface area contributed by atoms with Gasteiger partial charge in [-0.2, -0.15) is 0 Å². The summed E-state index contributed by atoms with van der Waals surface area (Å²) in [5, 5.41) is 11.7. The molecule has 0 saturated heterocycles. The van der Waals surface area contributed by atoms with Crippen molar-refractivity contribution in [3.05, 3.63) is 89.5 Å². The third kappa shape index (κ3) is 7.86. The predicted octanol–water partition coefficient (Wildman–Crippen LogP) is 4.78. The number of nitrogens with one attached hydrogen (secondary N) is 1. The predicted molar refractivity (Wildman–Crippen MR) is 168 cm³/mol. The van der Waals surface area contributed by atoms with Crippen LogP contribution < -0.4 is 4.90 Å². The molecule has 10 nitrogen and oxygen atoms in total. The molecule has 0 aliphatic heterocycles. The van der Waals surface area contributed by atoms with Crippen LogP contribution in [0.3, 0.4) is 0 Å². The standard InChI is InChI=1S/C33H38N4O6/c1-5-43-33(40)24-11-16-27-28(21-24)35-32(39)30(27)31(23-9-7-6-8-10-23)34-25-12-14-26(15-13-25)36(2)29(38)22-37(17-19-41-3)18-20-42-4/h6-16,21,35,39H,5,17-20,22H2,1-4H3. The molecule has 4 aromatic rings. The third-order valence-electron chi connectivity index (χ3n) is 7.01. The number of aliphatic imine (C=N–C) groups is 1. The Labute approximate surface area is 251 Å². The van der Waals surface area contributed by atoms with E-state index in [2.05, 4.69) is 4.98 Å². The molecule has 0 saturated carbocycles. The molecule has 0 fully saturated rings. The number of anilines is 1. The van der Waals surface area contributed by atoms with E-state index in [1.807, 2.05) is 59.5 Å². The zero-order valence-electron chi connectivity index (χ0n) is 25.0. The summed E-state index contributed by atoms with van der Waals surface area (Å²) in [5.41, 5.74) is 4.21. The number of carbonyl (C=O) groups is 2. The first kappa shape index (κ1) is 31.4. The molecule has 1 heterocycles. The van der Waals surface area contributed by atoms with E-state index in [0.717, 1.165) is 11.3 Å². The quantitative estimate of drug-likeness (QED) is 0.161. The molecular formula is C33H38N4O6. The van der Waals surface area contributed by atoms with Gasteiger partial charge in [0.15, 0.2) is 5.88 Å². The van der Waals surface area contributed by atoms with Gasteiger partial charge in [0.05, 0.1) is 48.9 Å². The largest absolute Gasteiger partial charge is 0.494 e. The number of benzene rings is 3. The molecular weight excluding hydrogens is 548 g/mol. The number of aromatic nitrogens is 1. The number of hydrogen-bond acceptors (Lipinski definition) is 8. The van der Waals surface area contributed by atoms with Gasteiger partial charge in [-0.25, -0.2) is 9.79 Å². The number of rotatable bonds is 14. The van der Waals surface area contributed by atoms with Crippen molar-refractivity contribution in [2.75, 3.05) is 65.6 Å². The molecule has 1 aromatic heterocycles. The zero-order valence-corrected chi connectivity index (χ0v) is 25.0. The highest BCUT2D eigenvalue weighted by Crippen LogP contribution is 2.32. The monoisotopic (exact) mass is 586 g/mol. The van der Waals surface area contributed by atoms with E-state index < -0.39 is 5.97 Å². The van der Waals surface area contributed by atoms with Crippen LogP contribution in [-0.4, -0.2) is 93.3 Å². The third-order valence-corrected chi connectivity index (χ3v) is 7.01. The number of nitrogens with zero attached hydrogens (tertiary/aromatic N) is 3. The average Bonchev–Trinajstić information content (AvgIpc) is 3.36. The van der Waals surface area contributed by atoms with Crippen molar-refractivity contribution in [2.24, 2.45) is 4.99 Å².